The third kappa shape index (κ3) is 1.24. The van der Waals surface area contributed by atoms with Crippen molar-refractivity contribution in [3.8, 4) is 0 Å². The van der Waals surface area contributed by atoms with Crippen molar-refractivity contribution in [3.05, 3.63) is 72.9 Å². The van der Waals surface area contributed by atoms with Crippen LogP contribution in [0.3, 0.4) is 0 Å². The fourth-order valence-electron chi connectivity index (χ4n) is 4.07. The average molecular weight is 292 g/mol. The second kappa shape index (κ2) is 3.79. The first-order valence-corrected chi connectivity index (χ1v) is 7.84. The van der Waals surface area contributed by atoms with Gasteiger partial charge in [0.05, 0.1) is 22.1 Å². The van der Waals surface area contributed by atoms with Crippen LogP contribution in [-0.2, 0) is 0 Å². The van der Waals surface area contributed by atoms with Gasteiger partial charge in [0.25, 0.3) is 0 Å². The summed E-state index contributed by atoms with van der Waals surface area (Å²) in [5.74, 6) is 0. The third-order valence-corrected chi connectivity index (χ3v) is 4.96. The molecule has 0 spiro atoms. The van der Waals surface area contributed by atoms with Crippen molar-refractivity contribution < 1.29 is 0 Å². The molecule has 0 amide bonds. The van der Waals surface area contributed by atoms with Crippen LogP contribution >= 0.6 is 0 Å². The van der Waals surface area contributed by atoms with E-state index in [0.29, 0.717) is 0 Å². The molecule has 0 aliphatic rings. The Morgan fingerprint density at radius 3 is 2.39 bits per heavy atom. The highest BCUT2D eigenvalue weighted by Crippen LogP contribution is 2.38. The topological polar surface area (TPSA) is 17.3 Å². The van der Waals surface area contributed by atoms with Crippen LogP contribution in [0.15, 0.2) is 72.9 Å². The van der Waals surface area contributed by atoms with E-state index in [4.69, 9.17) is 4.98 Å². The first kappa shape index (κ1) is 11.4. The van der Waals surface area contributed by atoms with Crippen LogP contribution < -0.4 is 0 Å². The number of benzene rings is 3. The van der Waals surface area contributed by atoms with E-state index in [9.17, 15) is 0 Å². The molecule has 106 valence electrons. The Kier molecular flexibility index (Phi) is 1.89. The number of fused-ring (bicyclic) bond motifs is 5. The summed E-state index contributed by atoms with van der Waals surface area (Å²) in [6.45, 7) is 0. The molecule has 0 aliphatic carbocycles. The van der Waals surface area contributed by atoms with Crippen molar-refractivity contribution in [2.24, 2.45) is 0 Å². The number of rotatable bonds is 0. The second-order valence-corrected chi connectivity index (χ2v) is 6.09. The summed E-state index contributed by atoms with van der Waals surface area (Å²) >= 11 is 0. The zero-order chi connectivity index (χ0) is 15.0. The maximum atomic E-state index is 4.74. The number of hydrogen-bond donors (Lipinski definition) is 0. The van der Waals surface area contributed by atoms with E-state index in [0.717, 1.165) is 5.52 Å². The Morgan fingerprint density at radius 1 is 0.652 bits per heavy atom. The minimum Gasteiger partial charge on any atom is -0.306 e. The Hall–Kier alpha value is -3.13. The van der Waals surface area contributed by atoms with Gasteiger partial charge in [0, 0.05) is 27.7 Å². The molecule has 23 heavy (non-hydrogen) atoms. The van der Waals surface area contributed by atoms with Crippen molar-refractivity contribution in [2.45, 2.75) is 0 Å². The van der Waals surface area contributed by atoms with Gasteiger partial charge in [0.2, 0.25) is 0 Å². The average Bonchev–Trinajstić information content (AvgIpc) is 2.95. The first-order chi connectivity index (χ1) is 11.4. The molecule has 3 aromatic heterocycles. The van der Waals surface area contributed by atoms with Gasteiger partial charge in [0.15, 0.2) is 0 Å². The van der Waals surface area contributed by atoms with Crippen LogP contribution in [0.4, 0.5) is 0 Å². The highest BCUT2D eigenvalue weighted by atomic mass is 14.9. The van der Waals surface area contributed by atoms with Crippen molar-refractivity contribution in [2.75, 3.05) is 0 Å². The van der Waals surface area contributed by atoms with E-state index in [-0.39, 0.29) is 0 Å². The lowest BCUT2D eigenvalue weighted by atomic mass is 10.0. The lowest BCUT2D eigenvalue weighted by Gasteiger charge is -2.11. The number of para-hydroxylation sites is 1. The highest BCUT2D eigenvalue weighted by molar-refractivity contribution is 6.25. The fourth-order valence-corrected chi connectivity index (χ4v) is 4.07. The van der Waals surface area contributed by atoms with Gasteiger partial charge in [-0.3, -0.25) is 4.98 Å². The van der Waals surface area contributed by atoms with Crippen molar-refractivity contribution in [1.82, 2.24) is 9.38 Å². The predicted molar refractivity (Wildman–Crippen MR) is 96.4 cm³/mol. The summed E-state index contributed by atoms with van der Waals surface area (Å²) in [6, 6.07) is 23.8. The molecule has 2 heteroatoms. The van der Waals surface area contributed by atoms with E-state index in [1.807, 2.05) is 6.20 Å². The molecule has 0 atom stereocenters. The Balaban J connectivity index is 2.17. The van der Waals surface area contributed by atoms with E-state index in [1.165, 1.54) is 43.5 Å². The minimum absolute atomic E-state index is 1.09. The quantitative estimate of drug-likeness (QED) is 0.271. The molecular formula is C21H12N2. The van der Waals surface area contributed by atoms with Crippen LogP contribution in [0.25, 0.3) is 49.0 Å². The largest absolute Gasteiger partial charge is 0.306 e. The van der Waals surface area contributed by atoms with E-state index < -0.39 is 0 Å². The van der Waals surface area contributed by atoms with Gasteiger partial charge in [-0.25, -0.2) is 0 Å². The maximum absolute atomic E-state index is 4.74. The lowest BCUT2D eigenvalue weighted by Crippen LogP contribution is -1.93. The van der Waals surface area contributed by atoms with E-state index in [1.54, 1.807) is 0 Å². The summed E-state index contributed by atoms with van der Waals surface area (Å²) < 4.78 is 2.38. The molecule has 0 unspecified atom stereocenters. The summed E-state index contributed by atoms with van der Waals surface area (Å²) in [4.78, 5) is 4.74. The molecule has 0 N–H and O–H groups in total. The summed E-state index contributed by atoms with van der Waals surface area (Å²) in [5, 5.41) is 6.36. The van der Waals surface area contributed by atoms with Gasteiger partial charge < -0.3 is 4.40 Å². The molecule has 0 radical (unpaired) electrons. The maximum Gasteiger partial charge on any atom is 0.0955 e. The fraction of sp³-hybridized carbons (Fsp3) is 0. The molecule has 6 rings (SSSR count). The van der Waals surface area contributed by atoms with Gasteiger partial charge in [-0.2, -0.15) is 0 Å². The summed E-state index contributed by atoms with van der Waals surface area (Å²) in [6.07, 6.45) is 1.93. The molecular weight excluding hydrogens is 280 g/mol. The molecule has 0 saturated heterocycles. The zero-order valence-electron chi connectivity index (χ0n) is 12.3. The van der Waals surface area contributed by atoms with Crippen molar-refractivity contribution >= 4 is 49.0 Å². The van der Waals surface area contributed by atoms with Crippen LogP contribution in [0.5, 0.6) is 0 Å². The van der Waals surface area contributed by atoms with Gasteiger partial charge >= 0.3 is 0 Å². The standard InChI is InChI=1S/C21H12N2/c1-2-9-17-14(7-1)15-11-12-22-20-16-8-3-5-13-6-4-10-18(19(13)16)23(17)21(15)20/h1-12H. The smallest absolute Gasteiger partial charge is 0.0955 e. The molecule has 0 aliphatic heterocycles. The van der Waals surface area contributed by atoms with Gasteiger partial charge in [0.1, 0.15) is 0 Å². The monoisotopic (exact) mass is 292 g/mol. The number of aromatic nitrogens is 2. The first-order valence-electron chi connectivity index (χ1n) is 7.84. The Labute approximate surface area is 131 Å². The van der Waals surface area contributed by atoms with Crippen LogP contribution in [0, 0.1) is 0 Å². The molecule has 0 saturated carbocycles. The number of pyridine rings is 2. The molecule has 6 aromatic rings. The zero-order valence-corrected chi connectivity index (χ0v) is 12.3. The lowest BCUT2D eigenvalue weighted by molar-refractivity contribution is 1.32. The van der Waals surface area contributed by atoms with E-state index >= 15 is 0 Å². The van der Waals surface area contributed by atoms with Crippen LogP contribution in [0.1, 0.15) is 0 Å². The molecule has 0 bridgehead atoms. The van der Waals surface area contributed by atoms with E-state index in [2.05, 4.69) is 71.1 Å². The summed E-state index contributed by atoms with van der Waals surface area (Å²) in [7, 11) is 0. The Bertz CT molecular complexity index is 1350. The Morgan fingerprint density at radius 2 is 1.43 bits per heavy atom. The molecule has 2 nitrogen and oxygen atoms in total. The van der Waals surface area contributed by atoms with Crippen molar-refractivity contribution in [1.29, 1.82) is 0 Å². The predicted octanol–water partition coefficient (Wildman–Crippen LogP) is 5.38. The third-order valence-electron chi connectivity index (χ3n) is 4.96. The van der Waals surface area contributed by atoms with Crippen LogP contribution in [-0.4, -0.2) is 9.38 Å². The second-order valence-electron chi connectivity index (χ2n) is 6.09. The number of nitrogens with zero attached hydrogens (tertiary/aromatic N) is 2. The van der Waals surface area contributed by atoms with Crippen molar-refractivity contribution in [3.63, 3.8) is 0 Å². The number of hydrogen-bond acceptors (Lipinski definition) is 1. The SMILES string of the molecule is c1cc2cccc3c2c(c1)c1nccc2c4ccccc4n3c21. The normalized spacial score (nSPS) is 12.3. The van der Waals surface area contributed by atoms with Gasteiger partial charge in [-0.15, -0.1) is 0 Å². The summed E-state index contributed by atoms with van der Waals surface area (Å²) in [5.41, 5.74) is 4.81. The molecule has 0 fully saturated rings. The molecule has 3 aromatic carbocycles. The molecule has 3 heterocycles. The van der Waals surface area contributed by atoms with Gasteiger partial charge in [-0.1, -0.05) is 48.5 Å². The van der Waals surface area contributed by atoms with Gasteiger partial charge in [-0.05, 0) is 23.6 Å². The van der Waals surface area contributed by atoms with Crippen LogP contribution in [0.2, 0.25) is 0 Å². The highest BCUT2D eigenvalue weighted by Gasteiger charge is 2.17. The minimum atomic E-state index is 1.09.